The molecule has 4 aromatic carbocycles. The molecule has 0 heterocycles. The number of anilines is 1. The first-order valence-electron chi connectivity index (χ1n) is 13.0. The van der Waals surface area contributed by atoms with Crippen molar-refractivity contribution in [3.8, 4) is 0 Å². The number of benzene rings is 4. The summed E-state index contributed by atoms with van der Waals surface area (Å²) in [4.78, 5) is 28.0. The average Bonchev–Trinajstić information content (AvgIpc) is 2.96. The summed E-state index contributed by atoms with van der Waals surface area (Å²) in [7, 11) is 1.97. The summed E-state index contributed by atoms with van der Waals surface area (Å²) >= 11 is 0. The Morgan fingerprint density at radius 2 is 1.45 bits per heavy atom. The minimum Gasteiger partial charge on any atom is -0.348 e. The summed E-state index contributed by atoms with van der Waals surface area (Å²) < 4.78 is 27.5. The summed E-state index contributed by atoms with van der Waals surface area (Å²) in [6.07, 6.45) is 0.842. The van der Waals surface area contributed by atoms with Crippen LogP contribution in [0.4, 0.5) is 14.5 Å². The predicted octanol–water partition coefficient (Wildman–Crippen LogP) is 5.28. The number of nitrogens with one attached hydrogen (secondary N) is 2. The van der Waals surface area contributed by atoms with Gasteiger partial charge in [-0.2, -0.15) is 0 Å². The van der Waals surface area contributed by atoms with E-state index in [9.17, 15) is 18.4 Å². The van der Waals surface area contributed by atoms with Gasteiger partial charge in [0.25, 0.3) is 11.8 Å². The zero-order valence-electron chi connectivity index (χ0n) is 22.3. The number of hydrogen-bond acceptors (Lipinski definition) is 4. The molecule has 0 atom stereocenters. The Balaban J connectivity index is 1.51. The first-order chi connectivity index (χ1) is 19.3. The number of nitrogens with zero attached hydrogens (tertiary/aromatic N) is 1. The lowest BCUT2D eigenvalue weighted by atomic mass is 10.1. The van der Waals surface area contributed by atoms with Gasteiger partial charge in [0, 0.05) is 49.1 Å². The summed E-state index contributed by atoms with van der Waals surface area (Å²) in [5.74, 6) is -2.69. The van der Waals surface area contributed by atoms with Gasteiger partial charge in [-0.15, -0.1) is 0 Å². The van der Waals surface area contributed by atoms with Crippen LogP contribution in [0.1, 0.15) is 43.0 Å². The fourth-order valence-electron chi connectivity index (χ4n) is 4.26. The van der Waals surface area contributed by atoms with E-state index < -0.39 is 17.5 Å². The topological polar surface area (TPSA) is 87.5 Å². The Bertz CT molecular complexity index is 1440. The highest BCUT2D eigenvalue weighted by atomic mass is 19.1. The zero-order chi connectivity index (χ0) is 28.5. The van der Waals surface area contributed by atoms with Crippen LogP contribution in [0.15, 0.2) is 91.0 Å². The molecule has 0 aliphatic heterocycles. The van der Waals surface area contributed by atoms with E-state index in [-0.39, 0.29) is 11.5 Å². The van der Waals surface area contributed by atoms with E-state index in [0.29, 0.717) is 37.0 Å². The van der Waals surface area contributed by atoms with E-state index >= 15 is 0 Å². The molecule has 4 aromatic rings. The van der Waals surface area contributed by atoms with Gasteiger partial charge in [-0.3, -0.25) is 9.59 Å². The molecule has 0 unspecified atom stereocenters. The van der Waals surface area contributed by atoms with Crippen molar-refractivity contribution in [2.45, 2.75) is 26.1 Å². The monoisotopic (exact) mass is 542 g/mol. The Labute approximate surface area is 232 Å². The van der Waals surface area contributed by atoms with Crippen LogP contribution in [0, 0.1) is 11.6 Å². The van der Waals surface area contributed by atoms with Gasteiger partial charge < -0.3 is 21.3 Å². The Morgan fingerprint density at radius 3 is 2.12 bits per heavy atom. The van der Waals surface area contributed by atoms with Crippen LogP contribution in [-0.4, -0.2) is 30.3 Å². The van der Waals surface area contributed by atoms with Crippen LogP contribution in [0.25, 0.3) is 0 Å². The van der Waals surface area contributed by atoms with Crippen LogP contribution in [0.5, 0.6) is 0 Å². The standard InChI is InChI=1S/C32H32F2N4O2/c1-38(14-13-22-5-3-2-4-6-22)21-26-12-11-25(31(39)36-20-24-9-7-23(19-35)8-10-24)17-30(26)37-32(40)27-15-28(33)18-29(34)16-27/h2-12,15-18H,13-14,19-21,35H2,1H3,(H,36,39)(H,37,40). The van der Waals surface area contributed by atoms with Crippen LogP contribution in [-0.2, 0) is 26.1 Å². The number of likely N-dealkylation sites (N-methyl/N-ethyl adjacent to an activating group) is 1. The van der Waals surface area contributed by atoms with Gasteiger partial charge in [-0.25, -0.2) is 8.78 Å². The summed E-state index contributed by atoms with van der Waals surface area (Å²) in [6, 6.07) is 25.4. The molecule has 6 nitrogen and oxygen atoms in total. The van der Waals surface area contributed by atoms with E-state index in [4.69, 9.17) is 5.73 Å². The molecular formula is C32H32F2N4O2. The number of rotatable bonds is 11. The molecule has 0 spiro atoms. The van der Waals surface area contributed by atoms with Crippen molar-refractivity contribution in [3.05, 3.63) is 136 Å². The number of halogens is 2. The Hall–Kier alpha value is -4.40. The maximum Gasteiger partial charge on any atom is 0.255 e. The van der Waals surface area contributed by atoms with Crippen molar-refractivity contribution < 1.29 is 18.4 Å². The van der Waals surface area contributed by atoms with Crippen molar-refractivity contribution in [3.63, 3.8) is 0 Å². The first-order valence-corrected chi connectivity index (χ1v) is 13.0. The first kappa shape index (κ1) is 28.6. The van der Waals surface area contributed by atoms with Gasteiger partial charge >= 0.3 is 0 Å². The molecule has 4 rings (SSSR count). The largest absolute Gasteiger partial charge is 0.348 e. The van der Waals surface area contributed by atoms with Gasteiger partial charge in [-0.1, -0.05) is 60.7 Å². The third-order valence-electron chi connectivity index (χ3n) is 6.52. The smallest absolute Gasteiger partial charge is 0.255 e. The lowest BCUT2D eigenvalue weighted by molar-refractivity contribution is 0.0949. The molecule has 0 radical (unpaired) electrons. The third-order valence-corrected chi connectivity index (χ3v) is 6.52. The molecule has 206 valence electrons. The lowest BCUT2D eigenvalue weighted by Crippen LogP contribution is -2.25. The number of nitrogens with two attached hydrogens (primary N) is 1. The molecule has 0 aliphatic carbocycles. The number of hydrogen-bond donors (Lipinski definition) is 3. The Kier molecular flexibility index (Phi) is 9.72. The molecule has 40 heavy (non-hydrogen) atoms. The molecule has 0 saturated carbocycles. The van der Waals surface area contributed by atoms with E-state index in [1.165, 1.54) is 5.56 Å². The number of carbonyl (C=O) groups is 2. The normalized spacial score (nSPS) is 10.9. The predicted molar refractivity (Wildman–Crippen MR) is 153 cm³/mol. The van der Waals surface area contributed by atoms with Crippen molar-refractivity contribution in [1.29, 1.82) is 0 Å². The highest BCUT2D eigenvalue weighted by molar-refractivity contribution is 6.05. The molecule has 0 aromatic heterocycles. The van der Waals surface area contributed by atoms with Crippen molar-refractivity contribution in [2.75, 3.05) is 18.9 Å². The van der Waals surface area contributed by atoms with Crippen LogP contribution in [0.3, 0.4) is 0 Å². The van der Waals surface area contributed by atoms with Crippen LogP contribution < -0.4 is 16.4 Å². The van der Waals surface area contributed by atoms with Crippen molar-refractivity contribution >= 4 is 17.5 Å². The van der Waals surface area contributed by atoms with E-state index in [0.717, 1.165) is 41.8 Å². The average molecular weight is 543 g/mol. The molecule has 0 saturated heterocycles. The van der Waals surface area contributed by atoms with Gasteiger partial charge in [0.2, 0.25) is 0 Å². The molecular weight excluding hydrogens is 510 g/mol. The van der Waals surface area contributed by atoms with Crippen LogP contribution >= 0.6 is 0 Å². The fraction of sp³-hybridized carbons (Fsp3) is 0.188. The minimum atomic E-state index is -0.848. The summed E-state index contributed by atoms with van der Waals surface area (Å²) in [5.41, 5.74) is 10.1. The molecule has 0 fully saturated rings. The van der Waals surface area contributed by atoms with Gasteiger partial charge in [0.1, 0.15) is 11.6 Å². The SMILES string of the molecule is CN(CCc1ccccc1)Cc1ccc(C(=O)NCc2ccc(CN)cc2)cc1NC(=O)c1cc(F)cc(F)c1. The minimum absolute atomic E-state index is 0.156. The molecule has 0 aliphatic rings. The second-order valence-electron chi connectivity index (χ2n) is 9.66. The maximum atomic E-state index is 13.8. The van der Waals surface area contributed by atoms with Gasteiger partial charge in [-0.05, 0) is 60.0 Å². The Morgan fingerprint density at radius 1 is 0.775 bits per heavy atom. The van der Waals surface area contributed by atoms with Crippen LogP contribution in [0.2, 0.25) is 0 Å². The molecule has 0 bridgehead atoms. The fourth-order valence-corrected chi connectivity index (χ4v) is 4.26. The third kappa shape index (κ3) is 8.05. The molecule has 4 N–H and O–H groups in total. The van der Waals surface area contributed by atoms with Crippen molar-refractivity contribution in [2.24, 2.45) is 5.73 Å². The number of amides is 2. The highest BCUT2D eigenvalue weighted by Gasteiger charge is 2.16. The second kappa shape index (κ2) is 13.6. The van der Waals surface area contributed by atoms with Crippen molar-refractivity contribution in [1.82, 2.24) is 10.2 Å². The van der Waals surface area contributed by atoms with E-state index in [1.54, 1.807) is 18.2 Å². The van der Waals surface area contributed by atoms with E-state index in [2.05, 4.69) is 27.7 Å². The zero-order valence-corrected chi connectivity index (χ0v) is 22.3. The maximum absolute atomic E-state index is 13.8. The van der Waals surface area contributed by atoms with E-state index in [1.807, 2.05) is 49.5 Å². The van der Waals surface area contributed by atoms with Gasteiger partial charge in [0.15, 0.2) is 0 Å². The second-order valence-corrected chi connectivity index (χ2v) is 9.66. The highest BCUT2D eigenvalue weighted by Crippen LogP contribution is 2.22. The quantitative estimate of drug-likeness (QED) is 0.241. The molecule has 8 heteroatoms. The molecule has 2 amide bonds. The summed E-state index contributed by atoms with van der Waals surface area (Å²) in [6.45, 7) is 2.00. The van der Waals surface area contributed by atoms with Gasteiger partial charge in [0.05, 0.1) is 0 Å². The summed E-state index contributed by atoms with van der Waals surface area (Å²) in [5, 5.41) is 5.64. The lowest BCUT2D eigenvalue weighted by Gasteiger charge is -2.20. The number of carbonyl (C=O) groups excluding carboxylic acids is 2.